The van der Waals surface area contributed by atoms with E-state index in [1.54, 1.807) is 37.4 Å². The Labute approximate surface area is 181 Å². The van der Waals surface area contributed by atoms with Crippen LogP contribution in [0.15, 0.2) is 65.1 Å². The van der Waals surface area contributed by atoms with Gasteiger partial charge in [-0.25, -0.2) is 4.39 Å². The maximum absolute atomic E-state index is 13.3. The van der Waals surface area contributed by atoms with Crippen molar-refractivity contribution >= 4 is 5.91 Å². The molecule has 164 valence electrons. The van der Waals surface area contributed by atoms with Crippen LogP contribution in [0.2, 0.25) is 0 Å². The Balaban J connectivity index is 1.63. The molecule has 0 saturated carbocycles. The van der Waals surface area contributed by atoms with E-state index in [4.69, 9.17) is 13.9 Å². The molecular weight excluding hydrogens is 399 g/mol. The normalized spacial score (nSPS) is 11.9. The number of furan rings is 1. The zero-order valence-electron chi connectivity index (χ0n) is 17.9. The van der Waals surface area contributed by atoms with Gasteiger partial charge in [0.15, 0.2) is 5.76 Å². The lowest BCUT2D eigenvalue weighted by atomic mass is 10.0. The average Bonchev–Trinajstić information content (AvgIpc) is 3.25. The van der Waals surface area contributed by atoms with Crippen LogP contribution in [0.4, 0.5) is 4.39 Å². The molecule has 1 heterocycles. The van der Waals surface area contributed by atoms with Crippen LogP contribution in [-0.4, -0.2) is 38.6 Å². The molecule has 3 rings (SSSR count). The van der Waals surface area contributed by atoms with Crippen molar-refractivity contribution in [1.82, 2.24) is 10.2 Å². The van der Waals surface area contributed by atoms with Gasteiger partial charge in [-0.15, -0.1) is 0 Å². The van der Waals surface area contributed by atoms with Gasteiger partial charge in [-0.3, -0.25) is 4.79 Å². The number of carbonyl (C=O) groups excluding carboxylic acids is 1. The molecule has 1 amide bonds. The minimum absolute atomic E-state index is 0.183. The summed E-state index contributed by atoms with van der Waals surface area (Å²) in [5, 5.41) is 2.99. The molecule has 1 aromatic heterocycles. The van der Waals surface area contributed by atoms with E-state index < -0.39 is 0 Å². The molecule has 7 heteroatoms. The van der Waals surface area contributed by atoms with Gasteiger partial charge < -0.3 is 24.1 Å². The highest BCUT2D eigenvalue weighted by molar-refractivity contribution is 5.91. The first-order valence-corrected chi connectivity index (χ1v) is 10.0. The van der Waals surface area contributed by atoms with E-state index in [0.717, 1.165) is 12.1 Å². The fourth-order valence-corrected chi connectivity index (χ4v) is 3.06. The summed E-state index contributed by atoms with van der Waals surface area (Å²) in [5.74, 6) is 1.41. The van der Waals surface area contributed by atoms with Gasteiger partial charge in [0, 0.05) is 6.07 Å². The van der Waals surface area contributed by atoms with Crippen molar-refractivity contribution in [1.29, 1.82) is 0 Å². The molecule has 31 heavy (non-hydrogen) atoms. The van der Waals surface area contributed by atoms with Crippen LogP contribution < -0.4 is 14.8 Å². The van der Waals surface area contributed by atoms with Crippen molar-refractivity contribution in [3.05, 3.63) is 83.6 Å². The number of halogens is 1. The van der Waals surface area contributed by atoms with E-state index in [0.29, 0.717) is 23.7 Å². The number of ether oxygens (including phenoxy) is 2. The second kappa shape index (κ2) is 10.6. The highest BCUT2D eigenvalue weighted by Gasteiger charge is 2.19. The van der Waals surface area contributed by atoms with Gasteiger partial charge in [0.2, 0.25) is 0 Å². The first kappa shape index (κ1) is 22.4. The third-order valence-electron chi connectivity index (χ3n) is 4.75. The van der Waals surface area contributed by atoms with E-state index in [9.17, 15) is 9.18 Å². The van der Waals surface area contributed by atoms with Gasteiger partial charge in [-0.1, -0.05) is 18.2 Å². The Bertz CT molecular complexity index is 985. The minimum Gasteiger partial charge on any atom is -0.497 e. The topological polar surface area (TPSA) is 63.9 Å². The lowest BCUT2D eigenvalue weighted by Gasteiger charge is -2.21. The molecule has 0 radical (unpaired) electrons. The Morgan fingerprint density at radius 2 is 1.84 bits per heavy atom. The number of rotatable bonds is 10. The lowest BCUT2D eigenvalue weighted by Crippen LogP contribution is -2.30. The summed E-state index contributed by atoms with van der Waals surface area (Å²) >= 11 is 0. The maximum atomic E-state index is 13.3. The van der Waals surface area contributed by atoms with Crippen LogP contribution >= 0.6 is 0 Å². The maximum Gasteiger partial charge on any atom is 0.287 e. The molecule has 0 aliphatic rings. The number of nitrogens with one attached hydrogen (secondary N) is 1. The Morgan fingerprint density at radius 3 is 2.55 bits per heavy atom. The van der Waals surface area contributed by atoms with Crippen molar-refractivity contribution in [2.45, 2.75) is 19.1 Å². The lowest BCUT2D eigenvalue weighted by molar-refractivity contribution is 0.0900. The summed E-state index contributed by atoms with van der Waals surface area (Å²) in [4.78, 5) is 14.8. The number of benzene rings is 2. The Hall–Kier alpha value is -3.32. The van der Waals surface area contributed by atoms with Gasteiger partial charge in [0.1, 0.15) is 29.7 Å². The predicted octanol–water partition coefficient (Wildman–Crippen LogP) is 4.43. The highest BCUT2D eigenvalue weighted by Crippen LogP contribution is 2.22. The summed E-state index contributed by atoms with van der Waals surface area (Å²) < 4.78 is 29.9. The summed E-state index contributed by atoms with van der Waals surface area (Å²) in [7, 11) is 5.52. The van der Waals surface area contributed by atoms with E-state index in [1.165, 1.54) is 12.1 Å². The van der Waals surface area contributed by atoms with Crippen LogP contribution in [0.25, 0.3) is 0 Å². The third kappa shape index (κ3) is 6.58. The van der Waals surface area contributed by atoms with Crippen molar-refractivity contribution in [2.24, 2.45) is 0 Å². The van der Waals surface area contributed by atoms with Crippen LogP contribution in [-0.2, 0) is 6.61 Å². The van der Waals surface area contributed by atoms with Gasteiger partial charge >= 0.3 is 0 Å². The van der Waals surface area contributed by atoms with Crippen molar-refractivity contribution in [3.8, 4) is 11.5 Å². The average molecular weight is 426 g/mol. The highest BCUT2D eigenvalue weighted by atomic mass is 19.1. The first-order valence-electron chi connectivity index (χ1n) is 10.0. The fourth-order valence-electron chi connectivity index (χ4n) is 3.06. The molecule has 0 saturated heterocycles. The van der Waals surface area contributed by atoms with Gasteiger partial charge in [0.25, 0.3) is 5.91 Å². The van der Waals surface area contributed by atoms with Crippen LogP contribution in [0.5, 0.6) is 11.5 Å². The molecule has 1 atom stereocenters. The molecule has 1 unspecified atom stereocenters. The van der Waals surface area contributed by atoms with Gasteiger partial charge in [-0.05, 0) is 69.0 Å². The molecule has 3 aromatic rings. The summed E-state index contributed by atoms with van der Waals surface area (Å²) in [5.41, 5.74) is 0.838. The quantitative estimate of drug-likeness (QED) is 0.520. The first-order chi connectivity index (χ1) is 14.9. The fraction of sp³-hybridized carbons (Fsp3) is 0.292. The van der Waals surface area contributed by atoms with Crippen LogP contribution in [0, 0.1) is 5.82 Å². The summed E-state index contributed by atoms with van der Waals surface area (Å²) in [6, 6.07) is 16.5. The molecule has 0 aliphatic heterocycles. The Morgan fingerprint density at radius 1 is 1.10 bits per heavy atom. The second-order valence-electron chi connectivity index (χ2n) is 7.40. The number of methoxy groups -OCH3 is 1. The van der Waals surface area contributed by atoms with E-state index in [2.05, 4.69) is 5.32 Å². The zero-order chi connectivity index (χ0) is 22.2. The minimum atomic E-state index is -0.333. The zero-order valence-corrected chi connectivity index (χ0v) is 17.9. The molecule has 0 bridgehead atoms. The smallest absolute Gasteiger partial charge is 0.287 e. The largest absolute Gasteiger partial charge is 0.497 e. The molecule has 0 fully saturated rings. The summed E-state index contributed by atoms with van der Waals surface area (Å²) in [6.45, 7) is 0.947. The van der Waals surface area contributed by atoms with Gasteiger partial charge in [-0.2, -0.15) is 0 Å². The standard InChI is InChI=1S/C24H27FN2O4/c1-27(2)14-13-22(17-7-9-18(25)10-8-17)26-24(28)23-12-11-21(31-23)16-30-20-6-4-5-19(15-20)29-3/h4-12,15,22H,13-14,16H2,1-3H3,(H,26,28). The molecule has 0 aliphatic carbocycles. The summed E-state index contributed by atoms with van der Waals surface area (Å²) in [6.07, 6.45) is 0.677. The number of hydrogen-bond acceptors (Lipinski definition) is 5. The molecule has 6 nitrogen and oxygen atoms in total. The molecule has 0 spiro atoms. The van der Waals surface area contributed by atoms with E-state index in [1.807, 2.05) is 37.2 Å². The monoisotopic (exact) mass is 426 g/mol. The SMILES string of the molecule is COc1cccc(OCc2ccc(C(=O)NC(CCN(C)C)c3ccc(F)cc3)o2)c1. The van der Waals surface area contributed by atoms with E-state index >= 15 is 0 Å². The number of carbonyl (C=O) groups is 1. The van der Waals surface area contributed by atoms with Crippen LogP contribution in [0.1, 0.15) is 34.3 Å². The number of amides is 1. The number of nitrogens with zero attached hydrogens (tertiary/aromatic N) is 1. The Kier molecular flexibility index (Phi) is 7.67. The van der Waals surface area contributed by atoms with E-state index in [-0.39, 0.29) is 30.1 Å². The molecular formula is C24H27FN2O4. The van der Waals surface area contributed by atoms with Crippen molar-refractivity contribution in [2.75, 3.05) is 27.7 Å². The number of hydrogen-bond donors (Lipinski definition) is 1. The van der Waals surface area contributed by atoms with Crippen LogP contribution in [0.3, 0.4) is 0 Å². The van der Waals surface area contributed by atoms with Crippen molar-refractivity contribution in [3.63, 3.8) is 0 Å². The van der Waals surface area contributed by atoms with Gasteiger partial charge in [0.05, 0.1) is 13.2 Å². The predicted molar refractivity (Wildman–Crippen MR) is 116 cm³/mol. The molecule has 2 aromatic carbocycles. The second-order valence-corrected chi connectivity index (χ2v) is 7.40. The third-order valence-corrected chi connectivity index (χ3v) is 4.75. The van der Waals surface area contributed by atoms with Crippen molar-refractivity contribution < 1.29 is 23.1 Å². The molecule has 1 N–H and O–H groups in total.